The van der Waals surface area contributed by atoms with E-state index in [2.05, 4.69) is 4.74 Å². The van der Waals surface area contributed by atoms with Gasteiger partial charge in [-0.3, -0.25) is 14.5 Å². The van der Waals surface area contributed by atoms with Crippen LogP contribution in [0.2, 0.25) is 0 Å². The molecule has 1 N–H and O–H groups in total. The van der Waals surface area contributed by atoms with Crippen LogP contribution in [0.1, 0.15) is 12.5 Å². The van der Waals surface area contributed by atoms with Gasteiger partial charge in [0.25, 0.3) is 5.91 Å². The van der Waals surface area contributed by atoms with Crippen molar-refractivity contribution >= 4 is 46.2 Å². The van der Waals surface area contributed by atoms with Crippen LogP contribution in [-0.4, -0.2) is 63.9 Å². The molecule has 0 radical (unpaired) electrons. The van der Waals surface area contributed by atoms with Crippen LogP contribution in [0.15, 0.2) is 29.2 Å². The number of carbonyl (C=O) groups excluding carboxylic acids is 2. The van der Waals surface area contributed by atoms with E-state index in [4.69, 9.17) is 17.3 Å². The molecule has 0 saturated carbocycles. The number of alkyl halides is 2. The predicted octanol–water partition coefficient (Wildman–Crippen LogP) is 2.33. The SMILES string of the molecule is CCN(CCO)C(=O)CN1C(=O)/C(=C/c2ccccc2OC(F)F)SC1=S. The van der Waals surface area contributed by atoms with E-state index in [0.717, 1.165) is 16.7 Å². The molecular weight excluding hydrogens is 398 g/mol. The van der Waals surface area contributed by atoms with Crippen LogP contribution in [0.25, 0.3) is 6.08 Å². The van der Waals surface area contributed by atoms with Crippen molar-refractivity contribution in [2.75, 3.05) is 26.2 Å². The van der Waals surface area contributed by atoms with Gasteiger partial charge < -0.3 is 14.7 Å². The van der Waals surface area contributed by atoms with Gasteiger partial charge in [0.2, 0.25) is 5.91 Å². The van der Waals surface area contributed by atoms with Crippen molar-refractivity contribution in [1.82, 2.24) is 9.80 Å². The minimum absolute atomic E-state index is 0.0612. The van der Waals surface area contributed by atoms with Crippen molar-refractivity contribution in [3.8, 4) is 5.75 Å². The highest BCUT2D eigenvalue weighted by molar-refractivity contribution is 8.26. The van der Waals surface area contributed by atoms with Crippen LogP contribution in [0, 0.1) is 0 Å². The highest BCUT2D eigenvalue weighted by atomic mass is 32.2. The zero-order chi connectivity index (χ0) is 20.0. The van der Waals surface area contributed by atoms with Crippen molar-refractivity contribution in [3.63, 3.8) is 0 Å². The first kappa shape index (κ1) is 21.3. The molecule has 1 saturated heterocycles. The topological polar surface area (TPSA) is 70.1 Å². The first-order chi connectivity index (χ1) is 12.9. The molecule has 1 heterocycles. The number of benzene rings is 1. The monoisotopic (exact) mass is 416 g/mol. The lowest BCUT2D eigenvalue weighted by Crippen LogP contribution is -2.43. The summed E-state index contributed by atoms with van der Waals surface area (Å²) in [5.74, 6) is -0.885. The molecule has 1 aliphatic rings. The molecule has 146 valence electrons. The number of nitrogens with zero attached hydrogens (tertiary/aromatic N) is 2. The summed E-state index contributed by atoms with van der Waals surface area (Å²) in [4.78, 5) is 27.7. The second-order valence-corrected chi connectivity index (χ2v) is 7.06. The van der Waals surface area contributed by atoms with E-state index in [-0.39, 0.29) is 40.6 Å². The molecule has 0 bridgehead atoms. The van der Waals surface area contributed by atoms with Gasteiger partial charge >= 0.3 is 6.61 Å². The van der Waals surface area contributed by atoms with Crippen LogP contribution >= 0.6 is 24.0 Å². The van der Waals surface area contributed by atoms with Crippen molar-refractivity contribution in [2.24, 2.45) is 0 Å². The van der Waals surface area contributed by atoms with Crippen LogP contribution in [-0.2, 0) is 9.59 Å². The summed E-state index contributed by atoms with van der Waals surface area (Å²) in [5.41, 5.74) is 0.306. The maximum atomic E-state index is 12.6. The van der Waals surface area contributed by atoms with E-state index in [1.54, 1.807) is 19.1 Å². The average Bonchev–Trinajstić information content (AvgIpc) is 2.88. The summed E-state index contributed by atoms with van der Waals surface area (Å²) >= 11 is 6.16. The van der Waals surface area contributed by atoms with Crippen LogP contribution < -0.4 is 4.74 Å². The Morgan fingerprint density at radius 3 is 2.78 bits per heavy atom. The van der Waals surface area contributed by atoms with Crippen LogP contribution in [0.4, 0.5) is 8.78 Å². The highest BCUT2D eigenvalue weighted by Crippen LogP contribution is 2.34. The summed E-state index contributed by atoms with van der Waals surface area (Å²) in [5, 5.41) is 9.00. The Hall–Kier alpha value is -2.04. The zero-order valence-corrected chi connectivity index (χ0v) is 16.1. The second-order valence-electron chi connectivity index (χ2n) is 5.38. The number of thiocarbonyl (C=S) groups is 1. The molecule has 1 aliphatic heterocycles. The summed E-state index contributed by atoms with van der Waals surface area (Å²) in [6, 6.07) is 6.08. The van der Waals surface area contributed by atoms with Crippen molar-refractivity contribution in [2.45, 2.75) is 13.5 Å². The lowest BCUT2D eigenvalue weighted by molar-refractivity contribution is -0.135. The third-order valence-corrected chi connectivity index (χ3v) is 5.07. The fourth-order valence-corrected chi connectivity index (χ4v) is 3.64. The van der Waals surface area contributed by atoms with Crippen molar-refractivity contribution in [3.05, 3.63) is 34.7 Å². The summed E-state index contributed by atoms with van der Waals surface area (Å²) < 4.78 is 29.7. The van der Waals surface area contributed by atoms with Gasteiger partial charge in [0.05, 0.1) is 11.5 Å². The number of para-hydroxylation sites is 1. The van der Waals surface area contributed by atoms with E-state index in [1.165, 1.54) is 23.1 Å². The minimum atomic E-state index is -2.99. The lowest BCUT2D eigenvalue weighted by atomic mass is 10.2. The molecule has 27 heavy (non-hydrogen) atoms. The number of likely N-dealkylation sites (N-methyl/N-ethyl adjacent to an activating group) is 1. The van der Waals surface area contributed by atoms with Gasteiger partial charge in [0.15, 0.2) is 0 Å². The highest BCUT2D eigenvalue weighted by Gasteiger charge is 2.34. The number of thioether (sulfide) groups is 1. The molecular formula is C17H18F2N2O4S2. The van der Waals surface area contributed by atoms with Gasteiger partial charge in [0, 0.05) is 18.7 Å². The van der Waals surface area contributed by atoms with E-state index in [1.807, 2.05) is 0 Å². The Bertz CT molecular complexity index is 758. The maximum absolute atomic E-state index is 12.6. The van der Waals surface area contributed by atoms with Crippen LogP contribution in [0.5, 0.6) is 5.75 Å². The van der Waals surface area contributed by atoms with Gasteiger partial charge in [-0.2, -0.15) is 8.78 Å². The normalized spacial score (nSPS) is 15.7. The Balaban J connectivity index is 2.18. The van der Waals surface area contributed by atoms with Gasteiger partial charge in [-0.05, 0) is 19.1 Å². The summed E-state index contributed by atoms with van der Waals surface area (Å²) in [6.07, 6.45) is 1.41. The number of halogens is 2. The number of hydrogen-bond donors (Lipinski definition) is 1. The van der Waals surface area contributed by atoms with Crippen LogP contribution in [0.3, 0.4) is 0 Å². The third-order valence-electron chi connectivity index (χ3n) is 3.69. The predicted molar refractivity (Wildman–Crippen MR) is 102 cm³/mol. The average molecular weight is 416 g/mol. The molecule has 0 atom stereocenters. The number of hydrogen-bond acceptors (Lipinski definition) is 6. The molecule has 1 aromatic rings. The first-order valence-corrected chi connectivity index (χ1v) is 9.27. The molecule has 1 aromatic carbocycles. The quantitative estimate of drug-likeness (QED) is 0.518. The van der Waals surface area contributed by atoms with Crippen molar-refractivity contribution in [1.29, 1.82) is 0 Å². The standard InChI is InChI=1S/C17H18F2N2O4S2/c1-2-20(7-8-22)14(23)10-21-15(24)13(27-17(21)26)9-11-5-3-4-6-12(11)25-16(18)19/h3-6,9,16,22H,2,7-8,10H2,1H3/b13-9-. The Kier molecular flexibility index (Phi) is 7.69. The summed E-state index contributed by atoms with van der Waals surface area (Å²) in [7, 11) is 0. The molecule has 2 rings (SSSR count). The lowest BCUT2D eigenvalue weighted by Gasteiger charge is -2.22. The fourth-order valence-electron chi connectivity index (χ4n) is 2.40. The Labute approximate surface area is 164 Å². The summed E-state index contributed by atoms with van der Waals surface area (Å²) in [6.45, 7) is -1.10. The van der Waals surface area contributed by atoms with E-state index < -0.39 is 12.5 Å². The minimum Gasteiger partial charge on any atom is -0.434 e. The molecule has 0 unspecified atom stereocenters. The van der Waals surface area contributed by atoms with E-state index >= 15 is 0 Å². The maximum Gasteiger partial charge on any atom is 0.387 e. The van der Waals surface area contributed by atoms with Gasteiger partial charge in [-0.15, -0.1) is 0 Å². The molecule has 0 aliphatic carbocycles. The second kappa shape index (κ2) is 9.77. The number of ether oxygens (including phenoxy) is 1. The van der Waals surface area contributed by atoms with E-state index in [9.17, 15) is 18.4 Å². The molecule has 1 fully saturated rings. The first-order valence-electron chi connectivity index (χ1n) is 8.05. The van der Waals surface area contributed by atoms with Gasteiger partial charge in [-0.25, -0.2) is 0 Å². The smallest absolute Gasteiger partial charge is 0.387 e. The largest absolute Gasteiger partial charge is 0.434 e. The molecule has 0 aromatic heterocycles. The Morgan fingerprint density at radius 1 is 1.44 bits per heavy atom. The fraction of sp³-hybridized carbons (Fsp3) is 0.353. The zero-order valence-electron chi connectivity index (χ0n) is 14.4. The van der Waals surface area contributed by atoms with E-state index in [0.29, 0.717) is 12.1 Å². The molecule has 2 amide bonds. The van der Waals surface area contributed by atoms with Gasteiger partial charge in [0.1, 0.15) is 16.6 Å². The number of aliphatic hydroxyl groups excluding tert-OH is 1. The number of carbonyl (C=O) groups is 2. The number of aliphatic hydroxyl groups is 1. The third kappa shape index (κ3) is 5.47. The molecule has 0 spiro atoms. The molecule has 6 nitrogen and oxygen atoms in total. The van der Waals surface area contributed by atoms with Gasteiger partial charge in [-0.1, -0.05) is 42.2 Å². The Morgan fingerprint density at radius 2 is 2.15 bits per heavy atom. The molecule has 10 heteroatoms. The number of amides is 2. The number of rotatable bonds is 8. The van der Waals surface area contributed by atoms with Crippen molar-refractivity contribution < 1.29 is 28.2 Å².